The molecule has 0 spiro atoms. The third kappa shape index (κ3) is 6.03. The molecule has 2 aliphatic heterocycles. The van der Waals surface area contributed by atoms with Crippen LogP contribution < -0.4 is 19.9 Å². The first-order valence-electron chi connectivity index (χ1n) is 12.4. The summed E-state index contributed by atoms with van der Waals surface area (Å²) in [5.74, 6) is 1.01. The lowest BCUT2D eigenvalue weighted by molar-refractivity contribution is -0.153. The molecular weight excluding hydrogens is 553 g/mol. The van der Waals surface area contributed by atoms with Gasteiger partial charge in [0, 0.05) is 62.8 Å². The van der Waals surface area contributed by atoms with Gasteiger partial charge in [0.15, 0.2) is 12.3 Å². The molecule has 2 fully saturated rings. The zero-order valence-corrected chi connectivity index (χ0v) is 22.2. The van der Waals surface area contributed by atoms with Crippen LogP contribution in [0, 0.1) is 6.92 Å². The number of likely N-dealkylation sites (tertiary alicyclic amines) is 1. The first kappa shape index (κ1) is 25.8. The maximum atomic E-state index is 12.9. The molecule has 0 radical (unpaired) electrons. The number of anilines is 3. The van der Waals surface area contributed by atoms with Crippen molar-refractivity contribution in [1.29, 1.82) is 0 Å². The summed E-state index contributed by atoms with van der Waals surface area (Å²) in [6.07, 6.45) is -0.452. The van der Waals surface area contributed by atoms with Crippen LogP contribution in [0.3, 0.4) is 0 Å². The highest BCUT2D eigenvalue weighted by atomic mass is 79.9. The van der Waals surface area contributed by atoms with Gasteiger partial charge in [0.25, 0.3) is 0 Å². The summed E-state index contributed by atoms with van der Waals surface area (Å²) < 4.78 is 44.5. The number of alkyl halides is 3. The number of halogens is 4. The van der Waals surface area contributed by atoms with Gasteiger partial charge < -0.3 is 24.8 Å². The fourth-order valence-corrected chi connectivity index (χ4v) is 5.45. The van der Waals surface area contributed by atoms with Crippen molar-refractivity contribution in [3.63, 3.8) is 0 Å². The summed E-state index contributed by atoms with van der Waals surface area (Å²) in [5, 5.41) is 11.3. The van der Waals surface area contributed by atoms with E-state index in [0.717, 1.165) is 54.3 Å². The van der Waals surface area contributed by atoms with Crippen molar-refractivity contribution in [2.45, 2.75) is 25.9 Å². The van der Waals surface area contributed by atoms with Gasteiger partial charge in [-0.25, -0.2) is 9.97 Å². The number of rotatable bonds is 8. The number of H-pyrrole nitrogens is 1. The SMILES string of the molecule is Cc1c(NCCN2CCCC2)cc(OCC(F)(F)F)cc1N1CCN(c2ncnc3[nH]nc(Br)c23)CC1. The summed E-state index contributed by atoms with van der Waals surface area (Å²) in [4.78, 5) is 15.5. The van der Waals surface area contributed by atoms with Crippen LogP contribution >= 0.6 is 15.9 Å². The molecule has 2 aliphatic rings. The minimum absolute atomic E-state index is 0.212. The van der Waals surface area contributed by atoms with E-state index >= 15 is 0 Å². The van der Waals surface area contributed by atoms with E-state index in [1.54, 1.807) is 12.1 Å². The maximum Gasteiger partial charge on any atom is 0.422 e. The van der Waals surface area contributed by atoms with E-state index < -0.39 is 12.8 Å². The van der Waals surface area contributed by atoms with Crippen LogP contribution in [0.15, 0.2) is 23.1 Å². The van der Waals surface area contributed by atoms with E-state index in [2.05, 4.69) is 56.1 Å². The predicted octanol–water partition coefficient (Wildman–Crippen LogP) is 4.20. The highest BCUT2D eigenvalue weighted by Gasteiger charge is 2.29. The third-order valence-corrected chi connectivity index (χ3v) is 7.49. The molecule has 5 rings (SSSR count). The summed E-state index contributed by atoms with van der Waals surface area (Å²) in [6.45, 7) is 7.23. The average molecular weight is 583 g/mol. The Labute approximate surface area is 221 Å². The highest BCUT2D eigenvalue weighted by molar-refractivity contribution is 9.10. The van der Waals surface area contributed by atoms with Crippen LogP contribution in [0.4, 0.5) is 30.4 Å². The van der Waals surface area contributed by atoms with E-state index in [1.165, 1.54) is 19.2 Å². The molecule has 0 unspecified atom stereocenters. The third-order valence-electron chi connectivity index (χ3n) is 6.91. The largest absolute Gasteiger partial charge is 0.484 e. The standard InChI is InChI=1S/C24H30BrF3N8O/c1-16-18(29-4-7-34-5-2-3-6-34)12-17(37-14-24(26,27)28)13-19(16)35-8-10-36(11-9-35)23-20-21(25)32-33-22(20)30-15-31-23/h12-13,15,29H,2-11,14H2,1H3,(H,30,31,32,33). The molecule has 37 heavy (non-hydrogen) atoms. The number of aromatic nitrogens is 4. The maximum absolute atomic E-state index is 12.9. The van der Waals surface area contributed by atoms with Crippen molar-refractivity contribution < 1.29 is 17.9 Å². The topological polar surface area (TPSA) is 85.4 Å². The van der Waals surface area contributed by atoms with Gasteiger partial charge in [-0.05, 0) is 54.3 Å². The fraction of sp³-hybridized carbons (Fsp3) is 0.542. The van der Waals surface area contributed by atoms with Crippen molar-refractivity contribution >= 4 is 44.2 Å². The molecule has 9 nitrogen and oxygen atoms in total. The van der Waals surface area contributed by atoms with Gasteiger partial charge in [0.05, 0.1) is 5.39 Å². The number of nitrogens with one attached hydrogen (secondary N) is 2. The molecule has 2 aromatic heterocycles. The lowest BCUT2D eigenvalue weighted by Gasteiger charge is -2.38. The molecule has 4 heterocycles. The lowest BCUT2D eigenvalue weighted by atomic mass is 10.1. The Morgan fingerprint density at radius 3 is 2.51 bits per heavy atom. The monoisotopic (exact) mass is 582 g/mol. The number of aromatic amines is 1. The van der Waals surface area contributed by atoms with Crippen LogP contribution in [-0.4, -0.2) is 90.2 Å². The first-order valence-corrected chi connectivity index (χ1v) is 13.2. The fourth-order valence-electron chi connectivity index (χ4n) is 5.00. The number of nitrogens with zero attached hydrogens (tertiary/aromatic N) is 6. The van der Waals surface area contributed by atoms with E-state index in [4.69, 9.17) is 4.74 Å². The number of benzene rings is 1. The number of fused-ring (bicyclic) bond motifs is 1. The number of piperazine rings is 1. The molecule has 0 atom stereocenters. The molecule has 2 saturated heterocycles. The zero-order chi connectivity index (χ0) is 26.0. The Morgan fingerprint density at radius 2 is 1.78 bits per heavy atom. The molecule has 0 bridgehead atoms. The van der Waals surface area contributed by atoms with Crippen molar-refractivity contribution in [1.82, 2.24) is 25.1 Å². The van der Waals surface area contributed by atoms with Crippen LogP contribution in [0.5, 0.6) is 5.75 Å². The smallest absolute Gasteiger partial charge is 0.422 e. The second-order valence-corrected chi connectivity index (χ2v) is 10.2. The Hall–Kier alpha value is -2.80. The summed E-state index contributed by atoms with van der Waals surface area (Å²) in [7, 11) is 0. The van der Waals surface area contributed by atoms with Crippen molar-refractivity contribution in [2.75, 3.05) is 74.1 Å². The van der Waals surface area contributed by atoms with E-state index in [-0.39, 0.29) is 5.75 Å². The van der Waals surface area contributed by atoms with Crippen LogP contribution in [0.25, 0.3) is 11.0 Å². The predicted molar refractivity (Wildman–Crippen MR) is 141 cm³/mol. The molecule has 2 N–H and O–H groups in total. The zero-order valence-electron chi connectivity index (χ0n) is 20.6. The second kappa shape index (κ2) is 10.9. The number of ether oxygens (including phenoxy) is 1. The van der Waals surface area contributed by atoms with Crippen LogP contribution in [0.1, 0.15) is 18.4 Å². The number of hydrogen-bond donors (Lipinski definition) is 2. The van der Waals surface area contributed by atoms with E-state index in [9.17, 15) is 13.2 Å². The van der Waals surface area contributed by atoms with Gasteiger partial charge in [-0.1, -0.05) is 0 Å². The minimum Gasteiger partial charge on any atom is -0.484 e. The van der Waals surface area contributed by atoms with Gasteiger partial charge >= 0.3 is 6.18 Å². The van der Waals surface area contributed by atoms with E-state index in [1.807, 2.05) is 6.92 Å². The molecule has 13 heteroatoms. The summed E-state index contributed by atoms with van der Waals surface area (Å²) in [6, 6.07) is 3.40. The molecule has 0 aliphatic carbocycles. The van der Waals surface area contributed by atoms with E-state index in [0.29, 0.717) is 36.4 Å². The molecule has 0 saturated carbocycles. The first-order chi connectivity index (χ1) is 17.8. The Kier molecular flexibility index (Phi) is 7.61. The number of hydrogen-bond acceptors (Lipinski definition) is 8. The normalized spacial score (nSPS) is 17.1. The highest BCUT2D eigenvalue weighted by Crippen LogP contribution is 2.35. The molecular formula is C24H30BrF3N8O. The quantitative estimate of drug-likeness (QED) is 0.409. The van der Waals surface area contributed by atoms with Gasteiger partial charge in [-0.3, -0.25) is 5.10 Å². The Balaban J connectivity index is 1.33. The Morgan fingerprint density at radius 1 is 1.05 bits per heavy atom. The molecule has 3 aromatic rings. The molecule has 200 valence electrons. The van der Waals surface area contributed by atoms with Gasteiger partial charge in [0.1, 0.15) is 22.5 Å². The molecule has 0 amide bonds. The lowest BCUT2D eigenvalue weighted by Crippen LogP contribution is -2.47. The summed E-state index contributed by atoms with van der Waals surface area (Å²) >= 11 is 3.47. The van der Waals surface area contributed by atoms with Gasteiger partial charge in [-0.2, -0.15) is 18.3 Å². The summed E-state index contributed by atoms with van der Waals surface area (Å²) in [5.41, 5.74) is 3.34. The minimum atomic E-state index is -4.40. The van der Waals surface area contributed by atoms with Crippen LogP contribution in [0.2, 0.25) is 0 Å². The Bertz CT molecular complexity index is 1220. The van der Waals surface area contributed by atoms with Crippen molar-refractivity contribution in [2.24, 2.45) is 0 Å². The van der Waals surface area contributed by atoms with Crippen molar-refractivity contribution in [3.05, 3.63) is 28.6 Å². The van der Waals surface area contributed by atoms with Crippen LogP contribution in [-0.2, 0) is 0 Å². The second-order valence-electron chi connectivity index (χ2n) is 9.40. The average Bonchev–Trinajstić information content (AvgIpc) is 3.54. The van der Waals surface area contributed by atoms with Gasteiger partial charge in [0.2, 0.25) is 0 Å². The van der Waals surface area contributed by atoms with Crippen molar-refractivity contribution in [3.8, 4) is 5.75 Å². The van der Waals surface area contributed by atoms with Gasteiger partial charge in [-0.15, -0.1) is 0 Å². The molecule has 1 aromatic carbocycles.